The van der Waals surface area contributed by atoms with Crippen molar-refractivity contribution in [2.75, 3.05) is 13.1 Å². The van der Waals surface area contributed by atoms with E-state index in [1.165, 1.54) is 6.92 Å². The Morgan fingerprint density at radius 2 is 2.00 bits per heavy atom. The van der Waals surface area contributed by atoms with Crippen molar-refractivity contribution in [3.63, 3.8) is 0 Å². The molecule has 0 aliphatic heterocycles. The van der Waals surface area contributed by atoms with Gasteiger partial charge in [-0.05, 0) is 32.7 Å². The van der Waals surface area contributed by atoms with Gasteiger partial charge in [0.15, 0.2) is 0 Å². The lowest BCUT2D eigenvalue weighted by Gasteiger charge is -2.02. The molecule has 0 aliphatic carbocycles. The molecule has 0 aromatic carbocycles. The minimum absolute atomic E-state index is 0.0448. The second kappa shape index (κ2) is 8.53. The van der Waals surface area contributed by atoms with Crippen LogP contribution in [-0.4, -0.2) is 19.0 Å². The van der Waals surface area contributed by atoms with E-state index in [1.54, 1.807) is 0 Å². The summed E-state index contributed by atoms with van der Waals surface area (Å²) in [7, 11) is 0. The number of unbranched alkanes of at least 4 members (excludes halogenated alkanes) is 2. The molecule has 0 rings (SSSR count). The van der Waals surface area contributed by atoms with Gasteiger partial charge in [0.1, 0.15) is 0 Å². The van der Waals surface area contributed by atoms with E-state index >= 15 is 0 Å². The van der Waals surface area contributed by atoms with Crippen molar-refractivity contribution in [2.45, 2.75) is 26.7 Å². The predicted molar refractivity (Wildman–Crippen MR) is 50.2 cm³/mol. The lowest BCUT2D eigenvalue weighted by Crippen LogP contribution is -2.21. The molecule has 0 atom stereocenters. The highest BCUT2D eigenvalue weighted by Crippen LogP contribution is 1.90. The van der Waals surface area contributed by atoms with E-state index in [4.69, 9.17) is 0 Å². The van der Waals surface area contributed by atoms with Crippen molar-refractivity contribution in [2.24, 2.45) is 0 Å². The molecule has 0 spiro atoms. The average Bonchev–Trinajstić information content (AvgIpc) is 2.02. The highest BCUT2D eigenvalue weighted by atomic mass is 16.1. The third kappa shape index (κ3) is 9.43. The first-order chi connectivity index (χ1) is 5.77. The molecule has 0 unspecified atom stereocenters. The van der Waals surface area contributed by atoms with Crippen molar-refractivity contribution in [3.8, 4) is 0 Å². The van der Waals surface area contributed by atoms with Gasteiger partial charge < -0.3 is 10.6 Å². The molecule has 12 heavy (non-hydrogen) atoms. The molecule has 3 nitrogen and oxygen atoms in total. The summed E-state index contributed by atoms with van der Waals surface area (Å²) in [6.07, 6.45) is 4.17. The smallest absolute Gasteiger partial charge is 0.216 e. The first-order valence-corrected chi connectivity index (χ1v) is 4.34. The van der Waals surface area contributed by atoms with Crippen LogP contribution in [0.3, 0.4) is 0 Å². The lowest BCUT2D eigenvalue weighted by molar-refractivity contribution is -0.118. The van der Waals surface area contributed by atoms with Crippen LogP contribution in [0.2, 0.25) is 0 Å². The molecule has 2 N–H and O–H groups in total. The lowest BCUT2D eigenvalue weighted by atomic mass is 10.2. The second-order valence-electron chi connectivity index (χ2n) is 2.59. The quantitative estimate of drug-likeness (QED) is 0.557. The minimum atomic E-state index is 0.0448. The monoisotopic (exact) mass is 170 g/mol. The molecule has 0 heterocycles. The average molecular weight is 170 g/mol. The fourth-order valence-electron chi connectivity index (χ4n) is 0.824. The van der Waals surface area contributed by atoms with E-state index in [2.05, 4.69) is 17.1 Å². The Labute approximate surface area is 74.9 Å². The molecule has 0 bridgehead atoms. The fraction of sp³-hybridized carbons (Fsp3) is 0.667. The standard InChI is InChI=1S/C9H18N2O/c1-3-10-7-5-4-6-8-11-9(2)12/h3-4,10H,5-8H2,1-2H3,(H,11,12). The van der Waals surface area contributed by atoms with E-state index in [9.17, 15) is 4.79 Å². The largest absolute Gasteiger partial charge is 0.356 e. The summed E-state index contributed by atoms with van der Waals surface area (Å²) in [5, 5.41) is 5.84. The van der Waals surface area contributed by atoms with E-state index in [0.29, 0.717) is 0 Å². The molecule has 3 heteroatoms. The molecule has 0 aromatic heterocycles. The van der Waals surface area contributed by atoms with Gasteiger partial charge in [-0.15, -0.1) is 0 Å². The molecule has 0 saturated heterocycles. The Morgan fingerprint density at radius 3 is 2.58 bits per heavy atom. The molecule has 0 aliphatic rings. The van der Waals surface area contributed by atoms with Crippen LogP contribution in [0.15, 0.2) is 0 Å². The summed E-state index contributed by atoms with van der Waals surface area (Å²) in [5.74, 6) is 0.0448. The van der Waals surface area contributed by atoms with Crippen molar-refractivity contribution >= 4 is 5.91 Å². The second-order valence-corrected chi connectivity index (χ2v) is 2.59. The van der Waals surface area contributed by atoms with Crippen LogP contribution in [0.1, 0.15) is 26.7 Å². The first-order valence-electron chi connectivity index (χ1n) is 4.34. The van der Waals surface area contributed by atoms with Gasteiger partial charge in [-0.1, -0.05) is 0 Å². The van der Waals surface area contributed by atoms with Gasteiger partial charge in [0, 0.05) is 20.0 Å². The summed E-state index contributed by atoms with van der Waals surface area (Å²) in [4.78, 5) is 10.4. The van der Waals surface area contributed by atoms with Crippen LogP contribution >= 0.6 is 0 Å². The van der Waals surface area contributed by atoms with Crippen molar-refractivity contribution in [1.29, 1.82) is 0 Å². The maximum absolute atomic E-state index is 10.4. The van der Waals surface area contributed by atoms with Gasteiger partial charge >= 0.3 is 0 Å². The maximum Gasteiger partial charge on any atom is 0.216 e. The number of nitrogens with one attached hydrogen (secondary N) is 2. The third-order valence-corrected chi connectivity index (χ3v) is 1.42. The van der Waals surface area contributed by atoms with Gasteiger partial charge in [0.05, 0.1) is 0 Å². The molecule has 0 aromatic rings. The number of hydrogen-bond acceptors (Lipinski definition) is 2. The first kappa shape index (κ1) is 11.4. The fourth-order valence-corrected chi connectivity index (χ4v) is 0.824. The van der Waals surface area contributed by atoms with Gasteiger partial charge in [0.25, 0.3) is 0 Å². The summed E-state index contributed by atoms with van der Waals surface area (Å²) < 4.78 is 0. The third-order valence-electron chi connectivity index (χ3n) is 1.42. The number of carbonyl (C=O) groups is 1. The molecular weight excluding hydrogens is 152 g/mol. The normalized spacial score (nSPS) is 9.83. The van der Waals surface area contributed by atoms with Gasteiger partial charge in [0.2, 0.25) is 5.91 Å². The maximum atomic E-state index is 10.4. The highest BCUT2D eigenvalue weighted by Gasteiger charge is 1.91. The SMILES string of the molecule is C[CH]NCC[CH]CCNC(C)=O. The van der Waals surface area contributed by atoms with Crippen LogP contribution in [0, 0.1) is 13.0 Å². The Hall–Kier alpha value is -0.570. The van der Waals surface area contributed by atoms with Crippen LogP contribution in [0.25, 0.3) is 0 Å². The van der Waals surface area contributed by atoms with E-state index in [1.807, 2.05) is 13.5 Å². The zero-order valence-corrected chi connectivity index (χ0v) is 7.89. The Balaban J connectivity index is 2.86. The Morgan fingerprint density at radius 1 is 1.33 bits per heavy atom. The van der Waals surface area contributed by atoms with E-state index < -0.39 is 0 Å². The van der Waals surface area contributed by atoms with Gasteiger partial charge in [-0.25, -0.2) is 0 Å². The number of rotatable bonds is 7. The summed E-state index contributed by atoms with van der Waals surface area (Å²) >= 11 is 0. The zero-order valence-electron chi connectivity index (χ0n) is 7.89. The molecule has 1 amide bonds. The topological polar surface area (TPSA) is 41.1 Å². The van der Waals surface area contributed by atoms with Crippen LogP contribution in [0.4, 0.5) is 0 Å². The number of hydrogen-bond donors (Lipinski definition) is 2. The molecule has 2 radical (unpaired) electrons. The summed E-state index contributed by atoms with van der Waals surface area (Å²) in [6.45, 7) is 7.17. The van der Waals surface area contributed by atoms with Crippen molar-refractivity contribution < 1.29 is 4.79 Å². The van der Waals surface area contributed by atoms with E-state index in [0.717, 1.165) is 25.9 Å². The number of carbonyl (C=O) groups excluding carboxylic acids is 1. The van der Waals surface area contributed by atoms with Crippen LogP contribution < -0.4 is 10.6 Å². The Bertz CT molecular complexity index is 115. The zero-order chi connectivity index (χ0) is 9.23. The Kier molecular flexibility index (Phi) is 8.12. The van der Waals surface area contributed by atoms with E-state index in [-0.39, 0.29) is 5.91 Å². The predicted octanol–water partition coefficient (Wildman–Crippen LogP) is 0.878. The van der Waals surface area contributed by atoms with Crippen molar-refractivity contribution in [3.05, 3.63) is 13.0 Å². The van der Waals surface area contributed by atoms with Gasteiger partial charge in [-0.3, -0.25) is 4.79 Å². The number of amides is 1. The van der Waals surface area contributed by atoms with Crippen LogP contribution in [-0.2, 0) is 4.79 Å². The summed E-state index contributed by atoms with van der Waals surface area (Å²) in [6, 6.07) is 0. The molecule has 70 valence electrons. The summed E-state index contributed by atoms with van der Waals surface area (Å²) in [5.41, 5.74) is 0. The van der Waals surface area contributed by atoms with Crippen LogP contribution in [0.5, 0.6) is 0 Å². The molecule has 0 saturated carbocycles. The van der Waals surface area contributed by atoms with Gasteiger partial charge in [-0.2, -0.15) is 0 Å². The molecule has 0 fully saturated rings. The minimum Gasteiger partial charge on any atom is -0.356 e. The highest BCUT2D eigenvalue weighted by molar-refractivity contribution is 5.72. The van der Waals surface area contributed by atoms with Crippen molar-refractivity contribution in [1.82, 2.24) is 10.6 Å². The molecular formula is C9H18N2O.